The van der Waals surface area contributed by atoms with E-state index < -0.39 is 0 Å². The lowest BCUT2D eigenvalue weighted by molar-refractivity contribution is 0.765. The van der Waals surface area contributed by atoms with Crippen LogP contribution in [0.25, 0.3) is 0 Å². The first-order chi connectivity index (χ1) is 9.24. The van der Waals surface area contributed by atoms with E-state index in [-0.39, 0.29) is 0 Å². The maximum absolute atomic E-state index is 5.75. The van der Waals surface area contributed by atoms with Gasteiger partial charge in [-0.1, -0.05) is 6.07 Å². The zero-order chi connectivity index (χ0) is 13.7. The fourth-order valence-electron chi connectivity index (χ4n) is 2.00. The van der Waals surface area contributed by atoms with Crippen LogP contribution in [-0.4, -0.2) is 21.7 Å². The highest BCUT2D eigenvalue weighted by Gasteiger charge is 2.12. The molecule has 0 aliphatic heterocycles. The summed E-state index contributed by atoms with van der Waals surface area (Å²) in [5.74, 6) is 0.843. The van der Waals surface area contributed by atoms with Gasteiger partial charge in [-0.25, -0.2) is 0 Å². The molecule has 0 aromatic carbocycles. The molecule has 0 aliphatic carbocycles. The molecule has 0 radical (unpaired) electrons. The molecule has 0 saturated heterocycles. The van der Waals surface area contributed by atoms with Crippen molar-refractivity contribution in [2.24, 2.45) is 5.73 Å². The van der Waals surface area contributed by atoms with Crippen molar-refractivity contribution < 1.29 is 0 Å². The predicted molar refractivity (Wildman–Crippen MR) is 75.6 cm³/mol. The van der Waals surface area contributed by atoms with Crippen LogP contribution in [0.15, 0.2) is 30.5 Å². The minimum atomic E-state index is 0.461. The number of anilines is 1. The van der Waals surface area contributed by atoms with Crippen LogP contribution in [0.2, 0.25) is 0 Å². The maximum Gasteiger partial charge on any atom is 0.156 e. The van der Waals surface area contributed by atoms with Gasteiger partial charge < -0.3 is 10.6 Å². The molecule has 2 heterocycles. The SMILES string of the molecule is CCN(Cc1cccc(C)n1)c1nnccc1CN. The van der Waals surface area contributed by atoms with Gasteiger partial charge in [0.1, 0.15) is 0 Å². The molecule has 5 heteroatoms. The summed E-state index contributed by atoms with van der Waals surface area (Å²) >= 11 is 0. The number of aryl methyl sites for hydroxylation is 1. The molecule has 0 atom stereocenters. The molecule has 19 heavy (non-hydrogen) atoms. The van der Waals surface area contributed by atoms with Crippen molar-refractivity contribution in [2.45, 2.75) is 26.9 Å². The maximum atomic E-state index is 5.75. The normalized spacial score (nSPS) is 10.5. The van der Waals surface area contributed by atoms with E-state index in [1.165, 1.54) is 0 Å². The zero-order valence-electron chi connectivity index (χ0n) is 11.4. The fraction of sp³-hybridized carbons (Fsp3) is 0.357. The molecule has 2 aromatic rings. The number of hydrogen-bond acceptors (Lipinski definition) is 5. The Morgan fingerprint density at radius 2 is 2.11 bits per heavy atom. The second kappa shape index (κ2) is 6.24. The Kier molecular flexibility index (Phi) is 4.41. The number of nitrogens with two attached hydrogens (primary N) is 1. The van der Waals surface area contributed by atoms with Gasteiger partial charge >= 0.3 is 0 Å². The van der Waals surface area contributed by atoms with E-state index in [2.05, 4.69) is 27.0 Å². The Hall–Kier alpha value is -2.01. The molecule has 0 saturated carbocycles. The van der Waals surface area contributed by atoms with Crippen LogP contribution < -0.4 is 10.6 Å². The summed E-state index contributed by atoms with van der Waals surface area (Å²) in [4.78, 5) is 6.66. The van der Waals surface area contributed by atoms with Crippen molar-refractivity contribution in [3.63, 3.8) is 0 Å². The Labute approximate surface area is 113 Å². The smallest absolute Gasteiger partial charge is 0.156 e. The first kappa shape index (κ1) is 13.4. The van der Waals surface area contributed by atoms with E-state index in [1.807, 2.05) is 31.2 Å². The van der Waals surface area contributed by atoms with Crippen LogP contribution in [0.1, 0.15) is 23.9 Å². The van der Waals surface area contributed by atoms with E-state index in [4.69, 9.17) is 5.73 Å². The lowest BCUT2D eigenvalue weighted by atomic mass is 10.2. The zero-order valence-corrected chi connectivity index (χ0v) is 11.4. The molecule has 2 aromatic heterocycles. The summed E-state index contributed by atoms with van der Waals surface area (Å²) in [5, 5.41) is 8.16. The molecular formula is C14H19N5. The predicted octanol–water partition coefficient (Wildman–Crippen LogP) is 1.67. The third-order valence-corrected chi connectivity index (χ3v) is 2.98. The monoisotopic (exact) mass is 257 g/mol. The number of aromatic nitrogens is 3. The molecule has 5 nitrogen and oxygen atoms in total. The molecule has 0 spiro atoms. The Balaban J connectivity index is 2.25. The third-order valence-electron chi connectivity index (χ3n) is 2.98. The molecule has 2 rings (SSSR count). The van der Waals surface area contributed by atoms with Crippen LogP contribution in [0, 0.1) is 6.92 Å². The van der Waals surface area contributed by atoms with Crippen LogP contribution in [0.5, 0.6) is 0 Å². The van der Waals surface area contributed by atoms with Gasteiger partial charge in [0.15, 0.2) is 5.82 Å². The average Bonchev–Trinajstić information content (AvgIpc) is 2.45. The topological polar surface area (TPSA) is 67.9 Å². The highest BCUT2D eigenvalue weighted by molar-refractivity contribution is 5.45. The van der Waals surface area contributed by atoms with E-state index in [9.17, 15) is 0 Å². The molecular weight excluding hydrogens is 238 g/mol. The second-order valence-electron chi connectivity index (χ2n) is 4.37. The van der Waals surface area contributed by atoms with Crippen LogP contribution in [0.3, 0.4) is 0 Å². The molecule has 0 amide bonds. The van der Waals surface area contributed by atoms with Gasteiger partial charge in [0.25, 0.3) is 0 Å². The number of rotatable bonds is 5. The highest BCUT2D eigenvalue weighted by atomic mass is 15.3. The van der Waals surface area contributed by atoms with Crippen LogP contribution >= 0.6 is 0 Å². The van der Waals surface area contributed by atoms with Crippen LogP contribution in [0.4, 0.5) is 5.82 Å². The van der Waals surface area contributed by atoms with Crippen molar-refractivity contribution in [1.29, 1.82) is 0 Å². The first-order valence-electron chi connectivity index (χ1n) is 6.42. The highest BCUT2D eigenvalue weighted by Crippen LogP contribution is 2.17. The van der Waals surface area contributed by atoms with Gasteiger partial charge in [-0.05, 0) is 32.0 Å². The van der Waals surface area contributed by atoms with Crippen LogP contribution in [-0.2, 0) is 13.1 Å². The summed E-state index contributed by atoms with van der Waals surface area (Å²) in [6, 6.07) is 7.95. The standard InChI is InChI=1S/C14H19N5/c1-3-19(10-13-6-4-5-11(2)17-13)14-12(9-15)7-8-16-18-14/h4-8H,3,9-10,15H2,1-2H3. The summed E-state index contributed by atoms with van der Waals surface area (Å²) < 4.78 is 0. The van der Waals surface area contributed by atoms with Crippen molar-refractivity contribution in [2.75, 3.05) is 11.4 Å². The lowest BCUT2D eigenvalue weighted by Crippen LogP contribution is -2.26. The molecule has 100 valence electrons. The molecule has 0 bridgehead atoms. The minimum Gasteiger partial charge on any atom is -0.349 e. The molecule has 2 N–H and O–H groups in total. The number of nitrogens with zero attached hydrogens (tertiary/aromatic N) is 4. The van der Waals surface area contributed by atoms with Gasteiger partial charge in [0.2, 0.25) is 0 Å². The third kappa shape index (κ3) is 3.26. The second-order valence-corrected chi connectivity index (χ2v) is 4.37. The van der Waals surface area contributed by atoms with Crippen molar-refractivity contribution in [3.8, 4) is 0 Å². The van der Waals surface area contributed by atoms with E-state index >= 15 is 0 Å². The van der Waals surface area contributed by atoms with Crippen molar-refractivity contribution in [1.82, 2.24) is 15.2 Å². The van der Waals surface area contributed by atoms with E-state index in [0.717, 1.165) is 29.3 Å². The summed E-state index contributed by atoms with van der Waals surface area (Å²) in [7, 11) is 0. The first-order valence-corrected chi connectivity index (χ1v) is 6.42. The van der Waals surface area contributed by atoms with Crippen molar-refractivity contribution >= 4 is 5.82 Å². The summed E-state index contributed by atoms with van der Waals surface area (Å²) in [6.07, 6.45) is 1.67. The van der Waals surface area contributed by atoms with Gasteiger partial charge in [0.05, 0.1) is 18.4 Å². The van der Waals surface area contributed by atoms with Gasteiger partial charge in [-0.15, -0.1) is 5.10 Å². The van der Waals surface area contributed by atoms with E-state index in [0.29, 0.717) is 13.1 Å². The van der Waals surface area contributed by atoms with Gasteiger partial charge in [-0.2, -0.15) is 5.10 Å². The molecule has 0 unspecified atom stereocenters. The molecule has 0 aliphatic rings. The summed E-state index contributed by atoms with van der Waals surface area (Å²) in [6.45, 7) is 6.09. The largest absolute Gasteiger partial charge is 0.349 e. The number of hydrogen-bond donors (Lipinski definition) is 1. The quantitative estimate of drug-likeness (QED) is 0.882. The van der Waals surface area contributed by atoms with Gasteiger partial charge in [0, 0.05) is 24.3 Å². The summed E-state index contributed by atoms with van der Waals surface area (Å²) in [5.41, 5.74) is 8.80. The van der Waals surface area contributed by atoms with Gasteiger partial charge in [-0.3, -0.25) is 4.98 Å². The Morgan fingerprint density at radius 3 is 2.79 bits per heavy atom. The Bertz CT molecular complexity index is 541. The minimum absolute atomic E-state index is 0.461. The fourth-order valence-corrected chi connectivity index (χ4v) is 2.00. The van der Waals surface area contributed by atoms with Crippen molar-refractivity contribution in [3.05, 3.63) is 47.4 Å². The Morgan fingerprint density at radius 1 is 1.26 bits per heavy atom. The average molecular weight is 257 g/mol. The number of pyridine rings is 1. The lowest BCUT2D eigenvalue weighted by Gasteiger charge is -2.23. The van der Waals surface area contributed by atoms with E-state index in [1.54, 1.807) is 6.20 Å². The molecule has 0 fully saturated rings.